The van der Waals surface area contributed by atoms with Crippen molar-refractivity contribution in [3.63, 3.8) is 0 Å². The van der Waals surface area contributed by atoms with Crippen LogP contribution in [0.15, 0.2) is 36.5 Å². The van der Waals surface area contributed by atoms with Gasteiger partial charge >= 0.3 is 5.97 Å². The molecule has 0 aromatic carbocycles. The van der Waals surface area contributed by atoms with Crippen molar-refractivity contribution in [2.45, 2.75) is 51.4 Å². The Labute approximate surface area is 110 Å². The van der Waals surface area contributed by atoms with E-state index in [0.717, 1.165) is 19.3 Å². The third kappa shape index (κ3) is 8.80. The van der Waals surface area contributed by atoms with Crippen molar-refractivity contribution in [2.75, 3.05) is 6.61 Å². The van der Waals surface area contributed by atoms with Crippen LogP contribution in [0.25, 0.3) is 0 Å². The molecule has 0 unspecified atom stereocenters. The molecule has 2 nitrogen and oxygen atoms in total. The van der Waals surface area contributed by atoms with E-state index in [2.05, 4.69) is 6.08 Å². The van der Waals surface area contributed by atoms with Gasteiger partial charge in [-0.25, -0.2) is 4.79 Å². The van der Waals surface area contributed by atoms with Crippen molar-refractivity contribution >= 4 is 5.97 Å². The summed E-state index contributed by atoms with van der Waals surface area (Å²) in [5.41, 5.74) is 0. The van der Waals surface area contributed by atoms with Crippen LogP contribution in [-0.4, -0.2) is 12.6 Å². The fourth-order valence-electron chi connectivity index (χ4n) is 1.91. The van der Waals surface area contributed by atoms with Crippen molar-refractivity contribution in [1.82, 2.24) is 0 Å². The predicted molar refractivity (Wildman–Crippen MR) is 75.3 cm³/mol. The van der Waals surface area contributed by atoms with Gasteiger partial charge in [-0.15, -0.1) is 0 Å². The first-order valence-electron chi connectivity index (χ1n) is 7.06. The number of hydrogen-bond donors (Lipinski definition) is 0. The minimum Gasteiger partial charge on any atom is -0.463 e. The lowest BCUT2D eigenvalue weighted by atomic mass is 10.1. The number of esters is 1. The fraction of sp³-hybridized carbons (Fsp3) is 0.562. The highest BCUT2D eigenvalue weighted by molar-refractivity contribution is 5.82. The number of ether oxygens (including phenoxy) is 1. The Bertz CT molecular complexity index is 300. The van der Waals surface area contributed by atoms with Gasteiger partial charge in [0.1, 0.15) is 0 Å². The van der Waals surface area contributed by atoms with Gasteiger partial charge in [0.05, 0.1) is 6.61 Å². The molecule has 0 bridgehead atoms. The van der Waals surface area contributed by atoms with Crippen LogP contribution in [0.2, 0.25) is 0 Å². The molecule has 0 aromatic heterocycles. The summed E-state index contributed by atoms with van der Waals surface area (Å²) >= 11 is 0. The zero-order chi connectivity index (χ0) is 12.9. The molecular formula is C16H24O2. The molecule has 0 spiro atoms. The third-order valence-corrected chi connectivity index (χ3v) is 2.96. The summed E-state index contributed by atoms with van der Waals surface area (Å²) in [7, 11) is 0. The van der Waals surface area contributed by atoms with Crippen molar-refractivity contribution in [2.24, 2.45) is 0 Å². The lowest BCUT2D eigenvalue weighted by Gasteiger charge is -2.02. The number of carbonyl (C=O) groups is 1. The van der Waals surface area contributed by atoms with Crippen LogP contribution >= 0.6 is 0 Å². The average molecular weight is 248 g/mol. The predicted octanol–water partition coefficient (Wildman–Crippen LogP) is 4.33. The molecule has 1 aliphatic heterocycles. The van der Waals surface area contributed by atoms with E-state index in [1.54, 1.807) is 6.08 Å². The summed E-state index contributed by atoms with van der Waals surface area (Å²) < 4.78 is 5.09. The van der Waals surface area contributed by atoms with E-state index in [0.29, 0.717) is 6.61 Å². The Morgan fingerprint density at radius 2 is 1.44 bits per heavy atom. The van der Waals surface area contributed by atoms with E-state index in [1.165, 1.54) is 38.2 Å². The van der Waals surface area contributed by atoms with Gasteiger partial charge in [-0.3, -0.25) is 0 Å². The molecule has 0 amide bonds. The van der Waals surface area contributed by atoms with Crippen molar-refractivity contribution in [3.8, 4) is 0 Å². The standard InChI is InChI=1S/C16H24O2/c17-16-14-12-10-8-6-4-2-1-3-5-7-9-11-13-15-18-16/h4,6,8,10,12,14H,1-3,5,7,9,11,13,15H2/b6-4-,10-8-,14-12-. The highest BCUT2D eigenvalue weighted by atomic mass is 16.5. The van der Waals surface area contributed by atoms with Crippen LogP contribution < -0.4 is 0 Å². The number of cyclic esters (lactones) is 1. The summed E-state index contributed by atoms with van der Waals surface area (Å²) in [5.74, 6) is -0.243. The molecule has 18 heavy (non-hydrogen) atoms. The van der Waals surface area contributed by atoms with Gasteiger partial charge in [0.2, 0.25) is 0 Å². The van der Waals surface area contributed by atoms with E-state index in [4.69, 9.17) is 4.74 Å². The lowest BCUT2D eigenvalue weighted by molar-refractivity contribution is -0.137. The van der Waals surface area contributed by atoms with Crippen molar-refractivity contribution in [1.29, 1.82) is 0 Å². The molecular weight excluding hydrogens is 224 g/mol. The Morgan fingerprint density at radius 3 is 2.28 bits per heavy atom. The van der Waals surface area contributed by atoms with Gasteiger partial charge in [-0.1, -0.05) is 62.5 Å². The molecule has 0 radical (unpaired) electrons. The lowest BCUT2D eigenvalue weighted by Crippen LogP contribution is -2.01. The van der Waals surface area contributed by atoms with Gasteiger partial charge in [0, 0.05) is 6.08 Å². The minimum atomic E-state index is -0.243. The number of hydrogen-bond acceptors (Lipinski definition) is 2. The van der Waals surface area contributed by atoms with Crippen LogP contribution in [0.1, 0.15) is 51.4 Å². The van der Waals surface area contributed by atoms with Gasteiger partial charge in [0.15, 0.2) is 0 Å². The summed E-state index contributed by atoms with van der Waals surface area (Å²) in [6.45, 7) is 0.548. The summed E-state index contributed by atoms with van der Waals surface area (Å²) in [4.78, 5) is 11.3. The van der Waals surface area contributed by atoms with Crippen LogP contribution in [0.4, 0.5) is 0 Å². The fourth-order valence-corrected chi connectivity index (χ4v) is 1.91. The first-order valence-corrected chi connectivity index (χ1v) is 7.06. The average Bonchev–Trinajstić information content (AvgIpc) is 2.37. The Hall–Kier alpha value is -1.31. The maximum Gasteiger partial charge on any atom is 0.330 e. The second kappa shape index (κ2) is 10.8. The molecule has 0 fully saturated rings. The van der Waals surface area contributed by atoms with Crippen LogP contribution in [0, 0.1) is 0 Å². The van der Waals surface area contributed by atoms with Crippen molar-refractivity contribution < 1.29 is 9.53 Å². The molecule has 2 heteroatoms. The Morgan fingerprint density at radius 1 is 0.778 bits per heavy atom. The molecule has 1 heterocycles. The van der Waals surface area contributed by atoms with E-state index < -0.39 is 0 Å². The monoisotopic (exact) mass is 248 g/mol. The molecule has 0 N–H and O–H groups in total. The number of rotatable bonds is 0. The summed E-state index contributed by atoms with van der Waals surface area (Å²) in [6.07, 6.45) is 21.0. The largest absolute Gasteiger partial charge is 0.463 e. The topological polar surface area (TPSA) is 26.3 Å². The van der Waals surface area contributed by atoms with Crippen LogP contribution in [0.3, 0.4) is 0 Å². The highest BCUT2D eigenvalue weighted by Crippen LogP contribution is 2.09. The zero-order valence-corrected chi connectivity index (χ0v) is 11.1. The second-order valence-corrected chi connectivity index (χ2v) is 4.60. The van der Waals surface area contributed by atoms with Crippen molar-refractivity contribution in [3.05, 3.63) is 36.5 Å². The normalized spacial score (nSPS) is 25.7. The van der Waals surface area contributed by atoms with Gasteiger partial charge in [0.25, 0.3) is 0 Å². The molecule has 0 saturated heterocycles. The van der Waals surface area contributed by atoms with E-state index in [-0.39, 0.29) is 5.97 Å². The van der Waals surface area contributed by atoms with Gasteiger partial charge in [-0.05, 0) is 19.3 Å². The zero-order valence-electron chi connectivity index (χ0n) is 11.1. The van der Waals surface area contributed by atoms with E-state index in [1.807, 2.05) is 18.2 Å². The first kappa shape index (κ1) is 14.7. The van der Waals surface area contributed by atoms with Crippen LogP contribution in [-0.2, 0) is 9.53 Å². The van der Waals surface area contributed by atoms with Gasteiger partial charge < -0.3 is 4.74 Å². The first-order chi connectivity index (χ1) is 8.89. The molecule has 0 aromatic rings. The Balaban J connectivity index is 2.34. The third-order valence-electron chi connectivity index (χ3n) is 2.96. The Kier molecular flexibility index (Phi) is 8.87. The summed E-state index contributed by atoms with van der Waals surface area (Å²) in [6, 6.07) is 0. The SMILES string of the molecule is O=C1\C=C/C=C\C=C/CCCCCCCCCO1. The smallest absolute Gasteiger partial charge is 0.330 e. The quantitative estimate of drug-likeness (QED) is 0.596. The highest BCUT2D eigenvalue weighted by Gasteiger charge is 1.96. The number of allylic oxidation sites excluding steroid dienone is 5. The van der Waals surface area contributed by atoms with E-state index in [9.17, 15) is 4.79 Å². The van der Waals surface area contributed by atoms with E-state index >= 15 is 0 Å². The number of carbonyl (C=O) groups excluding carboxylic acids is 1. The molecule has 0 saturated carbocycles. The molecule has 0 atom stereocenters. The van der Waals surface area contributed by atoms with Gasteiger partial charge in [-0.2, -0.15) is 0 Å². The second-order valence-electron chi connectivity index (χ2n) is 4.60. The minimum absolute atomic E-state index is 0.243. The molecule has 1 aliphatic rings. The maximum absolute atomic E-state index is 11.3. The molecule has 0 aliphatic carbocycles. The molecule has 100 valence electrons. The summed E-state index contributed by atoms with van der Waals surface area (Å²) in [5, 5.41) is 0. The van der Waals surface area contributed by atoms with Crippen LogP contribution in [0.5, 0.6) is 0 Å². The maximum atomic E-state index is 11.3. The molecule has 1 rings (SSSR count).